The number of hydrogen-bond acceptors (Lipinski definition) is 4. The lowest BCUT2D eigenvalue weighted by atomic mass is 10.0. The first kappa shape index (κ1) is 14.0. The van der Waals surface area contributed by atoms with Crippen LogP contribution in [0.4, 0.5) is 0 Å². The average molecular weight is 288 g/mol. The molecule has 3 heterocycles. The summed E-state index contributed by atoms with van der Waals surface area (Å²) in [7, 11) is 3.85. The zero-order chi connectivity index (χ0) is 15.0. The molecule has 6 heteroatoms. The molecule has 0 saturated carbocycles. The molecule has 112 valence electrons. The van der Waals surface area contributed by atoms with E-state index >= 15 is 0 Å². The van der Waals surface area contributed by atoms with Crippen LogP contribution in [0.1, 0.15) is 16.8 Å². The van der Waals surface area contributed by atoms with Crippen LogP contribution in [-0.4, -0.2) is 69.8 Å². The normalized spacial score (nSPS) is 22.4. The molecule has 6 nitrogen and oxygen atoms in total. The topological polar surface area (TPSA) is 61.1 Å². The number of amides is 1. The fourth-order valence-corrected chi connectivity index (χ4v) is 3.02. The Bertz CT molecular complexity index is 666. The maximum Gasteiger partial charge on any atom is 0.257 e. The smallest absolute Gasteiger partial charge is 0.257 e. The third-order valence-corrected chi connectivity index (χ3v) is 3.89. The number of β-amino-alcohol motifs (C(OH)–C–C–N with tert-alkyl or cyclic N) is 1. The number of likely N-dealkylation sites (N-methyl/N-ethyl adjacent to an activating group) is 1. The Balaban J connectivity index is 1.81. The molecule has 0 radical (unpaired) electrons. The van der Waals surface area contributed by atoms with Crippen molar-refractivity contribution in [3.05, 3.63) is 36.2 Å². The van der Waals surface area contributed by atoms with E-state index in [9.17, 15) is 9.90 Å². The standard InChI is InChI=1S/C15H20N4O2/c1-17(2)10-15(21)6-8-18(11-15)14(20)12-9-16-19-7-4-3-5-13(12)19/h3-5,7,9,21H,6,8,10-11H2,1-2H3/t15-/m0/s1. The van der Waals surface area contributed by atoms with E-state index in [1.165, 1.54) is 0 Å². The number of fused-ring (bicyclic) bond motifs is 1. The van der Waals surface area contributed by atoms with Gasteiger partial charge >= 0.3 is 0 Å². The number of carbonyl (C=O) groups is 1. The van der Waals surface area contributed by atoms with E-state index in [1.54, 1.807) is 15.6 Å². The molecule has 1 amide bonds. The monoisotopic (exact) mass is 288 g/mol. The molecule has 0 spiro atoms. The number of rotatable bonds is 3. The first-order valence-electron chi connectivity index (χ1n) is 7.07. The van der Waals surface area contributed by atoms with Crippen LogP contribution in [-0.2, 0) is 0 Å². The number of likely N-dealkylation sites (tertiary alicyclic amines) is 1. The van der Waals surface area contributed by atoms with Crippen molar-refractivity contribution in [3.8, 4) is 0 Å². The second kappa shape index (κ2) is 5.13. The Morgan fingerprint density at radius 2 is 2.29 bits per heavy atom. The lowest BCUT2D eigenvalue weighted by molar-refractivity contribution is 0.0236. The van der Waals surface area contributed by atoms with Gasteiger partial charge < -0.3 is 14.9 Å². The third-order valence-electron chi connectivity index (χ3n) is 3.89. The van der Waals surface area contributed by atoms with Gasteiger partial charge in [-0.25, -0.2) is 4.52 Å². The molecule has 1 saturated heterocycles. The zero-order valence-corrected chi connectivity index (χ0v) is 12.4. The molecule has 1 fully saturated rings. The molecule has 0 aromatic carbocycles. The highest BCUT2D eigenvalue weighted by atomic mass is 16.3. The molecular formula is C15H20N4O2. The van der Waals surface area contributed by atoms with Crippen LogP contribution in [0, 0.1) is 0 Å². The molecule has 0 unspecified atom stereocenters. The van der Waals surface area contributed by atoms with Gasteiger partial charge in [0.1, 0.15) is 0 Å². The molecule has 3 rings (SSSR count). The van der Waals surface area contributed by atoms with E-state index in [1.807, 2.05) is 43.4 Å². The second-order valence-electron chi connectivity index (χ2n) is 6.03. The van der Waals surface area contributed by atoms with E-state index in [-0.39, 0.29) is 5.91 Å². The molecule has 1 aliphatic heterocycles. The van der Waals surface area contributed by atoms with Crippen molar-refractivity contribution >= 4 is 11.4 Å². The van der Waals surface area contributed by atoms with Crippen molar-refractivity contribution < 1.29 is 9.90 Å². The Labute approximate surface area is 123 Å². The van der Waals surface area contributed by atoms with Gasteiger partial charge in [0.05, 0.1) is 29.4 Å². The van der Waals surface area contributed by atoms with E-state index in [4.69, 9.17) is 0 Å². The predicted octanol–water partition coefficient (Wildman–Crippen LogP) is 0.473. The molecule has 1 N–H and O–H groups in total. The summed E-state index contributed by atoms with van der Waals surface area (Å²) < 4.78 is 1.69. The van der Waals surface area contributed by atoms with Gasteiger partial charge in [0.25, 0.3) is 5.91 Å². The molecule has 21 heavy (non-hydrogen) atoms. The minimum atomic E-state index is -0.817. The van der Waals surface area contributed by atoms with Gasteiger partial charge in [0.15, 0.2) is 0 Å². The molecule has 1 atom stereocenters. The zero-order valence-electron chi connectivity index (χ0n) is 12.4. The van der Waals surface area contributed by atoms with Gasteiger partial charge in [-0.3, -0.25) is 4.79 Å². The van der Waals surface area contributed by atoms with Gasteiger partial charge in [0, 0.05) is 19.3 Å². The summed E-state index contributed by atoms with van der Waals surface area (Å²) >= 11 is 0. The summed E-state index contributed by atoms with van der Waals surface area (Å²) in [4.78, 5) is 16.3. The van der Waals surface area contributed by atoms with E-state index in [0.29, 0.717) is 31.6 Å². The van der Waals surface area contributed by atoms with Crippen molar-refractivity contribution in [2.24, 2.45) is 0 Å². The lowest BCUT2D eigenvalue weighted by Gasteiger charge is -2.26. The molecule has 0 bridgehead atoms. The van der Waals surface area contributed by atoms with Crippen molar-refractivity contribution in [2.75, 3.05) is 33.7 Å². The minimum Gasteiger partial charge on any atom is -0.387 e. The van der Waals surface area contributed by atoms with Gasteiger partial charge in [0.2, 0.25) is 0 Å². The number of hydrogen-bond donors (Lipinski definition) is 1. The molecule has 1 aliphatic rings. The molecule has 0 aliphatic carbocycles. The van der Waals surface area contributed by atoms with Gasteiger partial charge in [-0.05, 0) is 32.6 Å². The molecular weight excluding hydrogens is 268 g/mol. The lowest BCUT2D eigenvalue weighted by Crippen LogP contribution is -2.43. The highest BCUT2D eigenvalue weighted by Crippen LogP contribution is 2.24. The Morgan fingerprint density at radius 1 is 1.48 bits per heavy atom. The minimum absolute atomic E-state index is 0.0640. The number of aliphatic hydroxyl groups is 1. The first-order chi connectivity index (χ1) is 9.98. The third kappa shape index (κ3) is 2.64. The van der Waals surface area contributed by atoms with Gasteiger partial charge in [-0.15, -0.1) is 0 Å². The highest BCUT2D eigenvalue weighted by Gasteiger charge is 2.39. The van der Waals surface area contributed by atoms with E-state index < -0.39 is 5.60 Å². The van der Waals surface area contributed by atoms with Gasteiger partial charge in [-0.2, -0.15) is 5.10 Å². The van der Waals surface area contributed by atoms with Gasteiger partial charge in [-0.1, -0.05) is 6.07 Å². The maximum absolute atomic E-state index is 12.6. The fraction of sp³-hybridized carbons (Fsp3) is 0.467. The quantitative estimate of drug-likeness (QED) is 0.892. The summed E-state index contributed by atoms with van der Waals surface area (Å²) in [6.07, 6.45) is 4.02. The molecule has 2 aromatic heterocycles. The Morgan fingerprint density at radius 3 is 3.05 bits per heavy atom. The van der Waals surface area contributed by atoms with Crippen LogP contribution < -0.4 is 0 Å². The van der Waals surface area contributed by atoms with E-state index in [2.05, 4.69) is 5.10 Å². The fourth-order valence-electron chi connectivity index (χ4n) is 3.02. The second-order valence-corrected chi connectivity index (χ2v) is 6.03. The van der Waals surface area contributed by atoms with Crippen LogP contribution in [0.5, 0.6) is 0 Å². The first-order valence-corrected chi connectivity index (χ1v) is 7.07. The maximum atomic E-state index is 12.6. The summed E-state index contributed by atoms with van der Waals surface area (Å²) in [6.45, 7) is 1.51. The van der Waals surface area contributed by atoms with Crippen LogP contribution >= 0.6 is 0 Å². The SMILES string of the molecule is CN(C)C[C@@]1(O)CCN(C(=O)c2cnn3ccccc23)C1. The number of carbonyl (C=O) groups excluding carboxylic acids is 1. The predicted molar refractivity (Wildman–Crippen MR) is 79.2 cm³/mol. The number of aromatic nitrogens is 2. The van der Waals surface area contributed by atoms with Crippen LogP contribution in [0.15, 0.2) is 30.6 Å². The number of pyridine rings is 1. The highest BCUT2D eigenvalue weighted by molar-refractivity contribution is 6.00. The Kier molecular flexibility index (Phi) is 3.43. The largest absolute Gasteiger partial charge is 0.387 e. The average Bonchev–Trinajstić information content (AvgIpc) is 3.01. The number of nitrogens with zero attached hydrogens (tertiary/aromatic N) is 4. The summed E-state index contributed by atoms with van der Waals surface area (Å²) in [5, 5.41) is 14.7. The Hall–Kier alpha value is -1.92. The van der Waals surface area contributed by atoms with Crippen LogP contribution in [0.3, 0.4) is 0 Å². The summed E-state index contributed by atoms with van der Waals surface area (Å²) in [5.74, 6) is -0.0640. The summed E-state index contributed by atoms with van der Waals surface area (Å²) in [5.41, 5.74) is 0.567. The van der Waals surface area contributed by atoms with Crippen LogP contribution in [0.25, 0.3) is 5.52 Å². The van der Waals surface area contributed by atoms with E-state index in [0.717, 1.165) is 5.52 Å². The van der Waals surface area contributed by atoms with Crippen LogP contribution in [0.2, 0.25) is 0 Å². The van der Waals surface area contributed by atoms with Crippen molar-refractivity contribution in [3.63, 3.8) is 0 Å². The summed E-state index contributed by atoms with van der Waals surface area (Å²) in [6, 6.07) is 5.64. The van der Waals surface area contributed by atoms with Crippen molar-refractivity contribution in [2.45, 2.75) is 12.0 Å². The van der Waals surface area contributed by atoms with Crippen molar-refractivity contribution in [1.29, 1.82) is 0 Å². The molecule has 2 aromatic rings. The van der Waals surface area contributed by atoms with Crippen molar-refractivity contribution in [1.82, 2.24) is 19.4 Å².